The highest BCUT2D eigenvalue weighted by Crippen LogP contribution is 2.29. The van der Waals surface area contributed by atoms with Crippen molar-refractivity contribution in [1.82, 2.24) is 14.7 Å². The summed E-state index contributed by atoms with van der Waals surface area (Å²) in [6, 6.07) is 0.474. The minimum absolute atomic E-state index is 0.168. The van der Waals surface area contributed by atoms with E-state index in [-0.39, 0.29) is 5.91 Å². The molecule has 0 atom stereocenters. The number of aromatic nitrogens is 2. The fraction of sp³-hybridized carbons (Fsp3) is 0.750. The standard InChI is InChI=1S/C16H25N3O2/c1-3-4-15-14-11-18(12(2)20)8-5-16(14)19(17-15)13-6-9-21-10-7-13/h13H,3-11H2,1-2H3. The fourth-order valence-electron chi connectivity index (χ4n) is 3.45. The van der Waals surface area contributed by atoms with E-state index in [1.807, 2.05) is 4.90 Å². The van der Waals surface area contributed by atoms with Gasteiger partial charge in [0, 0.05) is 50.9 Å². The summed E-state index contributed by atoms with van der Waals surface area (Å²) >= 11 is 0. The minimum Gasteiger partial charge on any atom is -0.381 e. The zero-order valence-electron chi connectivity index (χ0n) is 13.1. The van der Waals surface area contributed by atoms with Gasteiger partial charge in [0.1, 0.15) is 0 Å². The Hall–Kier alpha value is -1.36. The molecule has 3 heterocycles. The number of rotatable bonds is 3. The van der Waals surface area contributed by atoms with Crippen LogP contribution in [0.4, 0.5) is 0 Å². The van der Waals surface area contributed by atoms with E-state index in [9.17, 15) is 4.79 Å². The molecule has 21 heavy (non-hydrogen) atoms. The summed E-state index contributed by atoms with van der Waals surface area (Å²) < 4.78 is 7.74. The molecule has 5 nitrogen and oxygen atoms in total. The highest BCUT2D eigenvalue weighted by Gasteiger charge is 2.29. The summed E-state index contributed by atoms with van der Waals surface area (Å²) in [5, 5.41) is 4.92. The quantitative estimate of drug-likeness (QED) is 0.857. The average Bonchev–Trinajstić information content (AvgIpc) is 2.87. The summed E-state index contributed by atoms with van der Waals surface area (Å²) in [6.07, 6.45) is 5.14. The molecular weight excluding hydrogens is 266 g/mol. The molecule has 1 aromatic rings. The second kappa shape index (κ2) is 6.18. The van der Waals surface area contributed by atoms with Gasteiger partial charge in [-0.25, -0.2) is 0 Å². The Labute approximate surface area is 126 Å². The van der Waals surface area contributed by atoms with Gasteiger partial charge in [-0.3, -0.25) is 9.48 Å². The topological polar surface area (TPSA) is 47.4 Å². The second-order valence-corrected chi connectivity index (χ2v) is 6.10. The molecule has 0 saturated carbocycles. The molecule has 3 rings (SSSR count). The number of amides is 1. The van der Waals surface area contributed by atoms with Crippen molar-refractivity contribution in [3.8, 4) is 0 Å². The lowest BCUT2D eigenvalue weighted by Gasteiger charge is -2.29. The molecule has 2 aliphatic rings. The Kier molecular flexibility index (Phi) is 4.29. The molecule has 1 fully saturated rings. The van der Waals surface area contributed by atoms with Gasteiger partial charge < -0.3 is 9.64 Å². The number of nitrogens with zero attached hydrogens (tertiary/aromatic N) is 3. The van der Waals surface area contributed by atoms with E-state index in [0.717, 1.165) is 58.4 Å². The van der Waals surface area contributed by atoms with E-state index < -0.39 is 0 Å². The highest BCUT2D eigenvalue weighted by molar-refractivity contribution is 5.73. The molecule has 0 unspecified atom stereocenters. The third-order valence-corrected chi connectivity index (χ3v) is 4.64. The first kappa shape index (κ1) is 14.6. The van der Waals surface area contributed by atoms with E-state index in [4.69, 9.17) is 9.84 Å². The van der Waals surface area contributed by atoms with Gasteiger partial charge in [-0.1, -0.05) is 13.3 Å². The minimum atomic E-state index is 0.168. The van der Waals surface area contributed by atoms with Crippen molar-refractivity contribution < 1.29 is 9.53 Å². The smallest absolute Gasteiger partial charge is 0.219 e. The molecule has 5 heteroatoms. The van der Waals surface area contributed by atoms with Crippen molar-refractivity contribution in [2.75, 3.05) is 19.8 Å². The second-order valence-electron chi connectivity index (χ2n) is 6.10. The van der Waals surface area contributed by atoms with Gasteiger partial charge in [-0.2, -0.15) is 5.10 Å². The molecule has 1 saturated heterocycles. The number of fused-ring (bicyclic) bond motifs is 1. The largest absolute Gasteiger partial charge is 0.381 e. The van der Waals surface area contributed by atoms with Crippen LogP contribution in [0.1, 0.15) is 56.1 Å². The molecular formula is C16H25N3O2. The lowest BCUT2D eigenvalue weighted by Crippen LogP contribution is -2.35. The van der Waals surface area contributed by atoms with Gasteiger partial charge in [0.2, 0.25) is 5.91 Å². The van der Waals surface area contributed by atoms with Crippen LogP contribution in [0.2, 0.25) is 0 Å². The SMILES string of the molecule is CCCc1nn(C2CCOCC2)c2c1CN(C(C)=O)CC2. The Morgan fingerprint density at radius 3 is 2.81 bits per heavy atom. The Morgan fingerprint density at radius 1 is 1.38 bits per heavy atom. The van der Waals surface area contributed by atoms with Gasteiger partial charge in [0.05, 0.1) is 11.7 Å². The monoisotopic (exact) mass is 291 g/mol. The number of carbonyl (C=O) groups is 1. The van der Waals surface area contributed by atoms with Gasteiger partial charge in [0.25, 0.3) is 0 Å². The van der Waals surface area contributed by atoms with Crippen LogP contribution < -0.4 is 0 Å². The van der Waals surface area contributed by atoms with Crippen LogP contribution in [0.5, 0.6) is 0 Å². The number of ether oxygens (including phenoxy) is 1. The maximum Gasteiger partial charge on any atom is 0.219 e. The number of hydrogen-bond acceptors (Lipinski definition) is 3. The van der Waals surface area contributed by atoms with Crippen LogP contribution in [0.15, 0.2) is 0 Å². The van der Waals surface area contributed by atoms with E-state index in [0.29, 0.717) is 6.04 Å². The predicted molar refractivity (Wildman–Crippen MR) is 80.1 cm³/mol. The third kappa shape index (κ3) is 2.84. The Balaban J connectivity index is 1.92. The molecule has 0 N–H and O–H groups in total. The highest BCUT2D eigenvalue weighted by atomic mass is 16.5. The van der Waals surface area contributed by atoms with Gasteiger partial charge in [-0.05, 0) is 19.3 Å². The maximum atomic E-state index is 11.7. The van der Waals surface area contributed by atoms with Crippen molar-refractivity contribution in [1.29, 1.82) is 0 Å². The van der Waals surface area contributed by atoms with Gasteiger partial charge >= 0.3 is 0 Å². The van der Waals surface area contributed by atoms with Crippen LogP contribution in [0.3, 0.4) is 0 Å². The molecule has 0 aliphatic carbocycles. The van der Waals surface area contributed by atoms with Crippen LogP contribution in [0, 0.1) is 0 Å². The molecule has 1 amide bonds. The van der Waals surface area contributed by atoms with Crippen molar-refractivity contribution >= 4 is 5.91 Å². The van der Waals surface area contributed by atoms with Crippen molar-refractivity contribution in [3.05, 3.63) is 17.0 Å². The molecule has 116 valence electrons. The zero-order chi connectivity index (χ0) is 14.8. The molecule has 0 bridgehead atoms. The summed E-state index contributed by atoms with van der Waals surface area (Å²) in [6.45, 7) is 7.08. The Bertz CT molecular complexity index is 518. The Morgan fingerprint density at radius 2 is 2.14 bits per heavy atom. The van der Waals surface area contributed by atoms with Crippen LogP contribution in [-0.2, 0) is 28.9 Å². The predicted octanol–water partition coefficient (Wildman–Crippen LogP) is 2.09. The van der Waals surface area contributed by atoms with Crippen LogP contribution in [0.25, 0.3) is 0 Å². The first-order valence-electron chi connectivity index (χ1n) is 8.13. The van der Waals surface area contributed by atoms with E-state index in [2.05, 4.69) is 11.6 Å². The number of aryl methyl sites for hydroxylation is 1. The number of hydrogen-bond donors (Lipinski definition) is 0. The molecule has 0 spiro atoms. The lowest BCUT2D eigenvalue weighted by molar-refractivity contribution is -0.129. The van der Waals surface area contributed by atoms with Crippen molar-refractivity contribution in [3.63, 3.8) is 0 Å². The summed E-state index contributed by atoms with van der Waals surface area (Å²) in [5.41, 5.74) is 3.87. The fourth-order valence-corrected chi connectivity index (χ4v) is 3.45. The van der Waals surface area contributed by atoms with Crippen molar-refractivity contribution in [2.45, 2.75) is 58.5 Å². The average molecular weight is 291 g/mol. The van der Waals surface area contributed by atoms with E-state index in [1.54, 1.807) is 6.92 Å². The van der Waals surface area contributed by atoms with Crippen LogP contribution >= 0.6 is 0 Å². The molecule has 2 aliphatic heterocycles. The third-order valence-electron chi connectivity index (χ3n) is 4.64. The number of carbonyl (C=O) groups excluding carboxylic acids is 1. The zero-order valence-corrected chi connectivity index (χ0v) is 13.1. The first-order chi connectivity index (χ1) is 10.2. The van der Waals surface area contributed by atoms with Crippen molar-refractivity contribution in [2.24, 2.45) is 0 Å². The summed E-state index contributed by atoms with van der Waals surface area (Å²) in [7, 11) is 0. The molecule has 1 aromatic heterocycles. The van der Waals surface area contributed by atoms with Gasteiger partial charge in [0.15, 0.2) is 0 Å². The lowest BCUT2D eigenvalue weighted by atomic mass is 10.0. The molecule has 0 radical (unpaired) electrons. The summed E-state index contributed by atoms with van der Waals surface area (Å²) in [4.78, 5) is 13.6. The van der Waals surface area contributed by atoms with Gasteiger partial charge in [-0.15, -0.1) is 0 Å². The normalized spacial score (nSPS) is 19.6. The van der Waals surface area contributed by atoms with E-state index >= 15 is 0 Å². The van der Waals surface area contributed by atoms with Crippen LogP contribution in [-0.4, -0.2) is 40.3 Å². The molecule has 0 aromatic carbocycles. The maximum absolute atomic E-state index is 11.7. The first-order valence-corrected chi connectivity index (χ1v) is 8.13. The summed E-state index contributed by atoms with van der Waals surface area (Å²) in [5.74, 6) is 0.168. The van der Waals surface area contributed by atoms with E-state index in [1.165, 1.54) is 17.0 Å².